The van der Waals surface area contributed by atoms with E-state index in [1.807, 2.05) is 5.32 Å². The van der Waals surface area contributed by atoms with Crippen molar-refractivity contribution in [2.24, 2.45) is 5.16 Å². The molecule has 136 valence electrons. The fourth-order valence-electron chi connectivity index (χ4n) is 1.97. The first kappa shape index (κ1) is 12.6. The van der Waals surface area contributed by atoms with Crippen LogP contribution >= 0.6 is 0 Å². The molecule has 0 spiro atoms. The number of aliphatic hydroxyl groups is 3. The van der Waals surface area contributed by atoms with Crippen molar-refractivity contribution in [2.75, 3.05) is 11.9 Å². The van der Waals surface area contributed by atoms with Crippen molar-refractivity contribution in [1.29, 1.82) is 0 Å². The minimum atomic E-state index is -1.65. The average molecular weight is 358 g/mol. The summed E-state index contributed by atoms with van der Waals surface area (Å²) in [7, 11) is 0. The predicted molar refractivity (Wildman–Crippen MR) is 85.6 cm³/mol. The van der Waals surface area contributed by atoms with Gasteiger partial charge in [-0.1, -0.05) is 18.1 Å². The van der Waals surface area contributed by atoms with Crippen molar-refractivity contribution >= 4 is 23.6 Å². The second kappa shape index (κ2) is 8.42. The third kappa shape index (κ3) is 4.89. The molecule has 0 unspecified atom stereocenters. The lowest BCUT2D eigenvalue weighted by atomic mass is 9.97. The van der Waals surface area contributed by atoms with Gasteiger partial charge in [-0.3, -0.25) is 14.9 Å². The van der Waals surface area contributed by atoms with Gasteiger partial charge in [-0.2, -0.15) is 0 Å². The van der Waals surface area contributed by atoms with E-state index in [1.54, 1.807) is 0 Å². The first-order chi connectivity index (χ1) is 14.0. The molecule has 1 aromatic carbocycles. The van der Waals surface area contributed by atoms with Gasteiger partial charge in [0.1, 0.15) is 18.2 Å². The molecular formula is C15H19N3O7. The Balaban J connectivity index is 2.24. The molecule has 10 heteroatoms. The molecule has 1 aromatic rings. The molecule has 0 aliphatic carbocycles. The lowest BCUT2D eigenvalue weighted by molar-refractivity contribution is -0.126. The summed E-state index contributed by atoms with van der Waals surface area (Å²) in [5.74, 6) is -1.17. The topological polar surface area (TPSA) is 150 Å². The zero-order chi connectivity index (χ0) is 22.7. The van der Waals surface area contributed by atoms with Crippen LogP contribution in [0.3, 0.4) is 0 Å². The van der Waals surface area contributed by atoms with Crippen LogP contribution in [0.1, 0.15) is 13.8 Å². The van der Waals surface area contributed by atoms with E-state index < -0.39 is 84.8 Å². The highest BCUT2D eigenvalue weighted by molar-refractivity contribution is 5.89. The van der Waals surface area contributed by atoms with Crippen LogP contribution in [0.2, 0.25) is 0 Å². The third-order valence-corrected chi connectivity index (χ3v) is 3.09. The Labute approximate surface area is 150 Å². The molecule has 25 heavy (non-hydrogen) atoms. The largest absolute Gasteiger partial charge is 0.468 e. The summed E-state index contributed by atoms with van der Waals surface area (Å²) >= 11 is 0. The zero-order valence-electron chi connectivity index (χ0n) is 17.9. The Morgan fingerprint density at radius 3 is 2.60 bits per heavy atom. The van der Waals surface area contributed by atoms with E-state index >= 15 is 0 Å². The van der Waals surface area contributed by atoms with Gasteiger partial charge in [0, 0.05) is 12.6 Å². The van der Waals surface area contributed by atoms with E-state index in [9.17, 15) is 24.9 Å². The average Bonchev–Trinajstić information content (AvgIpc) is 2.70. The number of nitrogens with zero attached hydrogens (tertiary/aromatic N) is 1. The van der Waals surface area contributed by atoms with E-state index in [-0.39, 0.29) is 0 Å². The standard InChI is InChI=1S/C15H19N3O7/c1-8(20)16-11-13(22)12(21)10(7-19)24-14(11)18-25-15(23)17-9-5-3-2-4-6-9/h2-6,10-13,19,21-22H,7H2,1H3,(H,16,20)(H,17,23)/b18-14-/t10-,11-,12-,13-/m1/s1/i2D,3D,4D,5D,6D. The van der Waals surface area contributed by atoms with Crippen molar-refractivity contribution in [2.45, 2.75) is 31.3 Å². The predicted octanol–water partition coefficient (Wildman–Crippen LogP) is -0.834. The van der Waals surface area contributed by atoms with E-state index in [0.717, 1.165) is 6.92 Å². The summed E-state index contributed by atoms with van der Waals surface area (Å²) in [6, 6.07) is -4.79. The number of nitrogens with one attached hydrogen (secondary N) is 2. The number of carbonyl (C=O) groups excluding carboxylic acids is 2. The van der Waals surface area contributed by atoms with Gasteiger partial charge in [-0.15, -0.1) is 0 Å². The normalized spacial score (nSPS) is 30.1. The summed E-state index contributed by atoms with van der Waals surface area (Å²) in [5, 5.41) is 36.8. The number of anilines is 1. The lowest BCUT2D eigenvalue weighted by Crippen LogP contribution is -2.62. The number of amides is 2. The van der Waals surface area contributed by atoms with Crippen molar-refractivity contribution in [3.8, 4) is 0 Å². The lowest BCUT2D eigenvalue weighted by Gasteiger charge is -2.37. The molecule has 1 aliphatic rings. The Hall–Kier alpha value is -2.69. The number of ether oxygens (including phenoxy) is 1. The summed E-state index contributed by atoms with van der Waals surface area (Å²) < 4.78 is 43.2. The molecule has 4 atom stereocenters. The molecule has 10 nitrogen and oxygen atoms in total. The molecule has 1 saturated heterocycles. The van der Waals surface area contributed by atoms with E-state index in [4.69, 9.17) is 11.6 Å². The van der Waals surface area contributed by atoms with Gasteiger partial charge in [0.2, 0.25) is 5.91 Å². The van der Waals surface area contributed by atoms with E-state index in [2.05, 4.69) is 15.3 Å². The summed E-state index contributed by atoms with van der Waals surface area (Å²) in [5.41, 5.74) is -0.558. The smallest absolute Gasteiger partial charge is 0.437 e. The van der Waals surface area contributed by atoms with E-state index in [0.29, 0.717) is 0 Å². The summed E-state index contributed by atoms with van der Waals surface area (Å²) in [6.07, 6.45) is -5.92. The van der Waals surface area contributed by atoms with E-state index in [1.165, 1.54) is 0 Å². The zero-order valence-corrected chi connectivity index (χ0v) is 12.9. The molecule has 2 rings (SSSR count). The maximum atomic E-state index is 12.0. The quantitative estimate of drug-likeness (QED) is 0.348. The minimum Gasteiger partial charge on any atom is -0.468 e. The van der Waals surface area contributed by atoms with Gasteiger partial charge in [0.25, 0.3) is 5.90 Å². The first-order valence-electron chi connectivity index (χ1n) is 9.53. The maximum absolute atomic E-state index is 12.0. The fraction of sp³-hybridized carbons (Fsp3) is 0.400. The molecule has 5 N–H and O–H groups in total. The number of hydrogen-bond acceptors (Lipinski definition) is 8. The number of hydrogen-bond donors (Lipinski definition) is 5. The van der Waals surface area contributed by atoms with Crippen molar-refractivity contribution in [3.63, 3.8) is 0 Å². The van der Waals surface area contributed by atoms with Crippen LogP contribution in [0.4, 0.5) is 10.5 Å². The summed E-state index contributed by atoms with van der Waals surface area (Å²) in [6.45, 7) is 0.388. The number of carbonyl (C=O) groups is 2. The van der Waals surface area contributed by atoms with Gasteiger partial charge in [0.05, 0.1) is 13.5 Å². The Morgan fingerprint density at radius 1 is 1.32 bits per heavy atom. The number of para-hydroxylation sites is 1. The van der Waals surface area contributed by atoms with Crippen LogP contribution < -0.4 is 10.6 Å². The fourth-order valence-corrected chi connectivity index (χ4v) is 1.97. The maximum Gasteiger partial charge on any atom is 0.437 e. The van der Waals surface area contributed by atoms with Gasteiger partial charge >= 0.3 is 6.09 Å². The highest BCUT2D eigenvalue weighted by Gasteiger charge is 2.44. The van der Waals surface area contributed by atoms with Crippen molar-refractivity contribution < 1.29 is 41.3 Å². The van der Waals surface area contributed by atoms with Crippen LogP contribution in [0.25, 0.3) is 0 Å². The molecule has 0 bridgehead atoms. The molecule has 0 radical (unpaired) electrons. The van der Waals surface area contributed by atoms with Crippen LogP contribution in [-0.4, -0.2) is 64.2 Å². The second-order valence-electron chi connectivity index (χ2n) is 4.93. The van der Waals surface area contributed by atoms with Crippen molar-refractivity contribution in [3.05, 3.63) is 30.2 Å². The van der Waals surface area contributed by atoms with Crippen LogP contribution in [-0.2, 0) is 14.4 Å². The number of benzene rings is 1. The minimum absolute atomic E-state index is 0.543. The van der Waals surface area contributed by atoms with Gasteiger partial charge in [-0.05, 0) is 17.2 Å². The molecule has 1 fully saturated rings. The number of rotatable bonds is 4. The monoisotopic (exact) mass is 358 g/mol. The van der Waals surface area contributed by atoms with Crippen LogP contribution in [0.5, 0.6) is 0 Å². The number of aliphatic hydroxyl groups excluding tert-OH is 3. The molecule has 0 saturated carbocycles. The SMILES string of the molecule is [2H]c1c([2H])c([2H])c(NC(=O)O/N=C2\O[C@H](CO)[C@@H](O)[C@H](O)[C@H]2NC(C)=O)c([2H])c1[2H]. The van der Waals surface area contributed by atoms with Gasteiger partial charge in [-0.25, -0.2) is 4.79 Å². The first-order valence-corrected chi connectivity index (χ1v) is 7.03. The second-order valence-corrected chi connectivity index (χ2v) is 4.93. The van der Waals surface area contributed by atoms with Crippen molar-refractivity contribution in [1.82, 2.24) is 5.32 Å². The van der Waals surface area contributed by atoms with Gasteiger partial charge in [0.15, 0.2) is 6.10 Å². The highest BCUT2D eigenvalue weighted by Crippen LogP contribution is 2.18. The number of oxime groups is 1. The molecule has 1 heterocycles. The molecule has 2 amide bonds. The van der Waals surface area contributed by atoms with Gasteiger partial charge < -0.3 is 25.4 Å². The van der Waals surface area contributed by atoms with Crippen LogP contribution in [0, 0.1) is 0 Å². The molecule has 1 aliphatic heterocycles. The van der Waals surface area contributed by atoms with Crippen LogP contribution in [0.15, 0.2) is 35.4 Å². The highest BCUT2D eigenvalue weighted by atomic mass is 16.7. The third-order valence-electron chi connectivity index (χ3n) is 3.09. The molecular weight excluding hydrogens is 334 g/mol. The Morgan fingerprint density at radius 2 is 2.00 bits per heavy atom. The Bertz CT molecular complexity index is 856. The summed E-state index contributed by atoms with van der Waals surface area (Å²) in [4.78, 5) is 27.9. The Kier molecular flexibility index (Phi) is 4.26. The molecule has 0 aromatic heterocycles.